The van der Waals surface area contributed by atoms with Crippen molar-refractivity contribution in [1.29, 1.82) is 0 Å². The highest BCUT2D eigenvalue weighted by Gasteiger charge is 2.14. The van der Waals surface area contributed by atoms with Gasteiger partial charge < -0.3 is 9.47 Å². The van der Waals surface area contributed by atoms with Crippen LogP contribution in [0.15, 0.2) is 107 Å². The number of rotatable bonds is 8. The van der Waals surface area contributed by atoms with Crippen LogP contribution < -0.4 is 14.9 Å². The van der Waals surface area contributed by atoms with Crippen LogP contribution in [0.5, 0.6) is 11.5 Å². The number of hydrogen-bond donors (Lipinski definition) is 1. The van der Waals surface area contributed by atoms with Crippen molar-refractivity contribution in [2.75, 3.05) is 7.11 Å². The van der Waals surface area contributed by atoms with E-state index >= 15 is 0 Å². The number of pyridine rings is 1. The summed E-state index contributed by atoms with van der Waals surface area (Å²) in [7, 11) is 1.54. The molecule has 1 N–H and O–H groups in total. The number of fused-ring (bicyclic) bond motifs is 1. The summed E-state index contributed by atoms with van der Waals surface area (Å²) in [4.78, 5) is 17.9. The number of nitrogens with one attached hydrogen (secondary N) is 1. The first kappa shape index (κ1) is 26.1. The van der Waals surface area contributed by atoms with Crippen molar-refractivity contribution in [3.8, 4) is 22.8 Å². The molecule has 0 radical (unpaired) electrons. The summed E-state index contributed by atoms with van der Waals surface area (Å²) >= 11 is 3.53. The Morgan fingerprint density at radius 2 is 1.72 bits per heavy atom. The number of benzene rings is 4. The molecule has 0 atom stereocenters. The molecule has 5 aromatic rings. The van der Waals surface area contributed by atoms with Crippen molar-refractivity contribution in [2.24, 2.45) is 5.10 Å². The van der Waals surface area contributed by atoms with E-state index in [0.717, 1.165) is 22.0 Å². The lowest BCUT2D eigenvalue weighted by Crippen LogP contribution is -2.18. The van der Waals surface area contributed by atoms with Crippen LogP contribution in [0, 0.1) is 5.82 Å². The minimum Gasteiger partial charge on any atom is -0.493 e. The average Bonchev–Trinajstić information content (AvgIpc) is 2.97. The van der Waals surface area contributed by atoms with Crippen molar-refractivity contribution < 1.29 is 18.7 Å². The number of aromatic nitrogens is 1. The zero-order chi connectivity index (χ0) is 27.2. The fourth-order valence-electron chi connectivity index (χ4n) is 4.00. The van der Waals surface area contributed by atoms with Gasteiger partial charge in [0.1, 0.15) is 12.4 Å². The molecule has 0 aliphatic heterocycles. The van der Waals surface area contributed by atoms with E-state index in [0.29, 0.717) is 32.8 Å². The van der Waals surface area contributed by atoms with Gasteiger partial charge in [0.15, 0.2) is 11.5 Å². The van der Waals surface area contributed by atoms with Crippen LogP contribution >= 0.6 is 15.9 Å². The number of hydrazone groups is 1. The van der Waals surface area contributed by atoms with Crippen molar-refractivity contribution in [3.05, 3.63) is 124 Å². The van der Waals surface area contributed by atoms with Crippen molar-refractivity contribution in [1.82, 2.24) is 10.4 Å². The molecule has 194 valence electrons. The van der Waals surface area contributed by atoms with Gasteiger partial charge in [0, 0.05) is 21.0 Å². The summed E-state index contributed by atoms with van der Waals surface area (Å²) in [6.45, 7) is 0.247. The van der Waals surface area contributed by atoms with Gasteiger partial charge in [-0.05, 0) is 57.9 Å². The first-order valence-corrected chi connectivity index (χ1v) is 12.8. The predicted octanol–water partition coefficient (Wildman–Crippen LogP) is 7.15. The second-order valence-electron chi connectivity index (χ2n) is 8.58. The van der Waals surface area contributed by atoms with Crippen LogP contribution in [0.3, 0.4) is 0 Å². The molecule has 1 amide bonds. The summed E-state index contributed by atoms with van der Waals surface area (Å²) in [6.07, 6.45) is 1.52. The molecule has 1 heterocycles. The molecule has 0 bridgehead atoms. The van der Waals surface area contributed by atoms with Gasteiger partial charge in [-0.1, -0.05) is 60.7 Å². The summed E-state index contributed by atoms with van der Waals surface area (Å²) in [6, 6.07) is 28.6. The van der Waals surface area contributed by atoms with E-state index in [1.807, 2.05) is 54.6 Å². The van der Waals surface area contributed by atoms with Gasteiger partial charge in [-0.2, -0.15) is 5.10 Å². The minimum atomic E-state index is -0.357. The largest absolute Gasteiger partial charge is 0.493 e. The number of carbonyl (C=O) groups is 1. The maximum Gasteiger partial charge on any atom is 0.272 e. The lowest BCUT2D eigenvalue weighted by atomic mass is 10.0. The molecule has 0 aliphatic carbocycles. The normalized spacial score (nSPS) is 11.1. The second-order valence-corrected chi connectivity index (χ2v) is 9.43. The van der Waals surface area contributed by atoms with E-state index in [1.165, 1.54) is 25.5 Å². The number of carbonyl (C=O) groups excluding carboxylic acids is 1. The van der Waals surface area contributed by atoms with Crippen LogP contribution in [0.2, 0.25) is 0 Å². The molecule has 0 saturated heterocycles. The van der Waals surface area contributed by atoms with Gasteiger partial charge in [-0.3, -0.25) is 4.79 Å². The molecule has 4 aromatic carbocycles. The van der Waals surface area contributed by atoms with Crippen molar-refractivity contribution in [2.45, 2.75) is 6.61 Å². The molecular formula is C31H23BrFN3O3. The number of para-hydroxylation sites is 1. The lowest BCUT2D eigenvalue weighted by molar-refractivity contribution is 0.0956. The van der Waals surface area contributed by atoms with Crippen LogP contribution in [0.25, 0.3) is 22.2 Å². The number of nitrogens with zero attached hydrogens (tertiary/aromatic N) is 2. The maximum atomic E-state index is 13.2. The maximum absolute atomic E-state index is 13.2. The van der Waals surface area contributed by atoms with Gasteiger partial charge in [0.05, 0.1) is 30.1 Å². The first-order valence-electron chi connectivity index (χ1n) is 12.0. The first-order chi connectivity index (χ1) is 19.0. The molecule has 5 rings (SSSR count). The number of amides is 1. The average molecular weight is 584 g/mol. The Morgan fingerprint density at radius 1 is 0.974 bits per heavy atom. The Balaban J connectivity index is 1.35. The molecule has 0 fully saturated rings. The zero-order valence-corrected chi connectivity index (χ0v) is 22.5. The van der Waals surface area contributed by atoms with Crippen LogP contribution in [-0.2, 0) is 6.61 Å². The summed E-state index contributed by atoms with van der Waals surface area (Å²) in [5, 5.41) is 4.92. The molecule has 6 nitrogen and oxygen atoms in total. The molecule has 39 heavy (non-hydrogen) atoms. The fourth-order valence-corrected chi connectivity index (χ4v) is 4.43. The second kappa shape index (κ2) is 11.9. The number of methoxy groups -OCH3 is 1. The molecule has 8 heteroatoms. The topological polar surface area (TPSA) is 72.8 Å². The van der Waals surface area contributed by atoms with E-state index in [-0.39, 0.29) is 18.3 Å². The van der Waals surface area contributed by atoms with E-state index in [4.69, 9.17) is 14.5 Å². The van der Waals surface area contributed by atoms with Gasteiger partial charge >= 0.3 is 0 Å². The number of hydrogen-bond acceptors (Lipinski definition) is 5. The van der Waals surface area contributed by atoms with Gasteiger partial charge in [-0.25, -0.2) is 14.8 Å². The van der Waals surface area contributed by atoms with Crippen molar-refractivity contribution >= 4 is 39.0 Å². The van der Waals surface area contributed by atoms with Crippen molar-refractivity contribution in [3.63, 3.8) is 0 Å². The van der Waals surface area contributed by atoms with Gasteiger partial charge in [-0.15, -0.1) is 0 Å². The fraction of sp³-hybridized carbons (Fsp3) is 0.0645. The molecule has 1 aromatic heterocycles. The molecule has 0 spiro atoms. The zero-order valence-electron chi connectivity index (χ0n) is 20.9. The highest BCUT2D eigenvalue weighted by atomic mass is 79.9. The third-order valence-electron chi connectivity index (χ3n) is 5.99. The Bertz CT molecular complexity index is 1660. The number of halogens is 2. The molecule has 0 saturated carbocycles. The Morgan fingerprint density at radius 3 is 2.49 bits per heavy atom. The minimum absolute atomic E-state index is 0.247. The predicted molar refractivity (Wildman–Crippen MR) is 154 cm³/mol. The molecular weight excluding hydrogens is 561 g/mol. The molecule has 0 unspecified atom stereocenters. The van der Waals surface area contributed by atoms with Gasteiger partial charge in [0.2, 0.25) is 0 Å². The highest BCUT2D eigenvalue weighted by Crippen LogP contribution is 2.33. The Hall–Kier alpha value is -4.56. The molecule has 0 aliphatic rings. The monoisotopic (exact) mass is 583 g/mol. The van der Waals surface area contributed by atoms with Crippen LogP contribution in [-0.4, -0.2) is 24.2 Å². The quantitative estimate of drug-likeness (QED) is 0.155. The summed E-state index contributed by atoms with van der Waals surface area (Å²) < 4.78 is 25.2. The van der Waals surface area contributed by atoms with E-state index in [1.54, 1.807) is 30.3 Å². The van der Waals surface area contributed by atoms with E-state index in [2.05, 4.69) is 26.5 Å². The standard InChI is InChI=1S/C31H23BrFN3O3/c1-38-29-15-22(26(32)17-30(29)39-19-20-11-13-23(33)14-12-20)18-34-36-31(37)25-16-28(21-7-3-2-4-8-21)35-27-10-6-5-9-24(25)27/h2-18H,19H2,1H3,(H,36,37)/b34-18+. The summed E-state index contributed by atoms with van der Waals surface area (Å²) in [5.74, 6) is 0.334. The van der Waals surface area contributed by atoms with E-state index < -0.39 is 0 Å². The Labute approximate surface area is 233 Å². The third-order valence-corrected chi connectivity index (χ3v) is 6.68. The third kappa shape index (κ3) is 6.13. The lowest BCUT2D eigenvalue weighted by Gasteiger charge is -2.13. The smallest absolute Gasteiger partial charge is 0.272 e. The number of ether oxygens (including phenoxy) is 2. The summed E-state index contributed by atoms with van der Waals surface area (Å²) in [5.41, 5.74) is 6.93. The highest BCUT2D eigenvalue weighted by molar-refractivity contribution is 9.10. The SMILES string of the molecule is COc1cc(/C=N/NC(=O)c2cc(-c3ccccc3)nc3ccccc23)c(Br)cc1OCc1ccc(F)cc1. The Kier molecular flexibility index (Phi) is 7.94. The van der Waals surface area contributed by atoms with Gasteiger partial charge in [0.25, 0.3) is 5.91 Å². The van der Waals surface area contributed by atoms with Crippen LogP contribution in [0.4, 0.5) is 4.39 Å². The van der Waals surface area contributed by atoms with Crippen LogP contribution in [0.1, 0.15) is 21.5 Å². The van der Waals surface area contributed by atoms with E-state index in [9.17, 15) is 9.18 Å².